The lowest BCUT2D eigenvalue weighted by Crippen LogP contribution is -2.26. The number of aliphatic hydroxyl groups is 1. The fourth-order valence-corrected chi connectivity index (χ4v) is 1.88. The molecule has 0 saturated carbocycles. The van der Waals surface area contributed by atoms with Crippen LogP contribution in [0.4, 0.5) is 0 Å². The van der Waals surface area contributed by atoms with Crippen molar-refractivity contribution in [1.29, 1.82) is 0 Å². The summed E-state index contributed by atoms with van der Waals surface area (Å²) in [6.45, 7) is 0.474. The molecule has 0 spiro atoms. The average Bonchev–Trinajstić information content (AvgIpc) is 2.29. The van der Waals surface area contributed by atoms with E-state index in [-0.39, 0.29) is 12.5 Å². The van der Waals surface area contributed by atoms with Crippen LogP contribution in [-0.4, -0.2) is 29.6 Å². The second-order valence-corrected chi connectivity index (χ2v) is 4.66. The number of benzene rings is 1. The van der Waals surface area contributed by atoms with Gasteiger partial charge in [0.05, 0.1) is 0 Å². The van der Waals surface area contributed by atoms with Crippen LogP contribution in [0.15, 0.2) is 18.2 Å². The van der Waals surface area contributed by atoms with Gasteiger partial charge in [-0.2, -0.15) is 0 Å². The molecule has 0 fully saturated rings. The number of hydrogen-bond acceptors (Lipinski definition) is 2. The minimum atomic E-state index is -0.00920. The van der Waals surface area contributed by atoms with E-state index in [4.69, 9.17) is 28.3 Å². The summed E-state index contributed by atoms with van der Waals surface area (Å²) in [4.78, 5) is 13.2. The zero-order valence-electron chi connectivity index (χ0n) is 9.62. The summed E-state index contributed by atoms with van der Waals surface area (Å²) in [5, 5.41) is 9.79. The van der Waals surface area contributed by atoms with E-state index in [1.54, 1.807) is 30.1 Å². The van der Waals surface area contributed by atoms with E-state index in [1.165, 1.54) is 0 Å². The molecular formula is C12H15Cl2NO2. The van der Waals surface area contributed by atoms with Crippen molar-refractivity contribution in [2.24, 2.45) is 0 Å². The fraction of sp³-hybridized carbons (Fsp3) is 0.417. The Kier molecular flexibility index (Phi) is 5.75. The number of hydrogen-bond donors (Lipinski definition) is 1. The van der Waals surface area contributed by atoms with Crippen LogP contribution in [0, 0.1) is 0 Å². The first-order valence-electron chi connectivity index (χ1n) is 5.33. The topological polar surface area (TPSA) is 40.5 Å². The first-order chi connectivity index (χ1) is 8.04. The largest absolute Gasteiger partial charge is 0.396 e. The Morgan fingerprint density at radius 2 is 2.12 bits per heavy atom. The van der Waals surface area contributed by atoms with Gasteiger partial charge in [-0.15, -0.1) is 0 Å². The number of halogens is 2. The highest BCUT2D eigenvalue weighted by molar-refractivity contribution is 6.35. The molecule has 1 amide bonds. The zero-order chi connectivity index (χ0) is 12.8. The minimum Gasteiger partial charge on any atom is -0.396 e. The van der Waals surface area contributed by atoms with Crippen LogP contribution < -0.4 is 0 Å². The molecule has 0 saturated heterocycles. The summed E-state index contributed by atoms with van der Waals surface area (Å²) >= 11 is 11.8. The molecule has 1 aromatic carbocycles. The van der Waals surface area contributed by atoms with Gasteiger partial charge in [-0.25, -0.2) is 0 Å². The van der Waals surface area contributed by atoms with Gasteiger partial charge in [-0.1, -0.05) is 29.3 Å². The van der Waals surface area contributed by atoms with E-state index in [1.807, 2.05) is 0 Å². The molecule has 5 heteroatoms. The zero-order valence-corrected chi connectivity index (χ0v) is 11.1. The second-order valence-electron chi connectivity index (χ2n) is 3.81. The summed E-state index contributed by atoms with van der Waals surface area (Å²) in [6, 6.07) is 5.21. The highest BCUT2D eigenvalue weighted by atomic mass is 35.5. The van der Waals surface area contributed by atoms with Gasteiger partial charge >= 0.3 is 0 Å². The third-order valence-electron chi connectivity index (χ3n) is 2.40. The first kappa shape index (κ1) is 14.3. The Hall–Kier alpha value is -0.770. The van der Waals surface area contributed by atoms with E-state index >= 15 is 0 Å². The smallest absolute Gasteiger partial charge is 0.222 e. The van der Waals surface area contributed by atoms with Crippen LogP contribution in [0.25, 0.3) is 0 Å². The van der Waals surface area contributed by atoms with E-state index in [0.717, 1.165) is 5.56 Å². The molecular weight excluding hydrogens is 261 g/mol. The Bertz CT molecular complexity index is 396. The van der Waals surface area contributed by atoms with Crippen LogP contribution in [0.3, 0.4) is 0 Å². The Labute approximate surface area is 111 Å². The summed E-state index contributed by atoms with van der Waals surface area (Å²) in [5.74, 6) is -0.00920. The number of aliphatic hydroxyl groups excluding tert-OH is 1. The fourth-order valence-electron chi connectivity index (χ4n) is 1.41. The van der Waals surface area contributed by atoms with Gasteiger partial charge in [-0.3, -0.25) is 4.79 Å². The van der Waals surface area contributed by atoms with Crippen molar-refractivity contribution < 1.29 is 9.90 Å². The van der Waals surface area contributed by atoms with Crippen LogP contribution in [0.2, 0.25) is 10.0 Å². The molecule has 17 heavy (non-hydrogen) atoms. The molecule has 0 heterocycles. The van der Waals surface area contributed by atoms with Gasteiger partial charge in [0, 0.05) is 36.7 Å². The Morgan fingerprint density at radius 1 is 1.41 bits per heavy atom. The van der Waals surface area contributed by atoms with Crippen molar-refractivity contribution >= 4 is 29.1 Å². The van der Waals surface area contributed by atoms with Crippen molar-refractivity contribution in [1.82, 2.24) is 4.90 Å². The lowest BCUT2D eigenvalue weighted by Gasteiger charge is -2.18. The molecule has 0 bridgehead atoms. The molecule has 0 radical (unpaired) electrons. The van der Waals surface area contributed by atoms with Gasteiger partial charge in [0.15, 0.2) is 0 Å². The number of carbonyl (C=O) groups excluding carboxylic acids is 1. The molecule has 0 aromatic heterocycles. The highest BCUT2D eigenvalue weighted by Crippen LogP contribution is 2.22. The second kappa shape index (κ2) is 6.84. The highest BCUT2D eigenvalue weighted by Gasteiger charge is 2.10. The van der Waals surface area contributed by atoms with Crippen molar-refractivity contribution in [3.05, 3.63) is 33.8 Å². The third kappa shape index (κ3) is 4.54. The van der Waals surface area contributed by atoms with Gasteiger partial charge in [0.25, 0.3) is 0 Å². The maximum absolute atomic E-state index is 11.6. The quantitative estimate of drug-likeness (QED) is 0.898. The summed E-state index contributed by atoms with van der Waals surface area (Å²) in [7, 11) is 1.71. The normalized spacial score (nSPS) is 10.4. The molecule has 0 aliphatic carbocycles. The maximum Gasteiger partial charge on any atom is 0.222 e. The lowest BCUT2D eigenvalue weighted by atomic mass is 10.2. The number of nitrogens with zero attached hydrogens (tertiary/aromatic N) is 1. The number of rotatable bonds is 5. The molecule has 94 valence electrons. The van der Waals surface area contributed by atoms with Crippen molar-refractivity contribution in [3.8, 4) is 0 Å². The van der Waals surface area contributed by atoms with E-state index in [2.05, 4.69) is 0 Å². The van der Waals surface area contributed by atoms with Crippen LogP contribution in [0.5, 0.6) is 0 Å². The van der Waals surface area contributed by atoms with Crippen molar-refractivity contribution in [3.63, 3.8) is 0 Å². The molecule has 1 N–H and O–H groups in total. The van der Waals surface area contributed by atoms with E-state index in [0.29, 0.717) is 29.4 Å². The first-order valence-corrected chi connectivity index (χ1v) is 6.09. The standard InChI is InChI=1S/C12H15Cl2NO2/c1-15(12(17)3-2-6-16)8-9-4-5-10(13)7-11(9)14/h4-5,7,16H,2-3,6,8H2,1H3. The van der Waals surface area contributed by atoms with Gasteiger partial charge in [0.2, 0.25) is 5.91 Å². The number of carbonyl (C=O) groups is 1. The van der Waals surface area contributed by atoms with Gasteiger partial charge in [0.1, 0.15) is 0 Å². The SMILES string of the molecule is CN(Cc1ccc(Cl)cc1Cl)C(=O)CCCO. The predicted molar refractivity (Wildman–Crippen MR) is 69.3 cm³/mol. The molecule has 0 aliphatic rings. The molecule has 1 rings (SSSR count). The van der Waals surface area contributed by atoms with E-state index < -0.39 is 0 Å². The minimum absolute atomic E-state index is 0.00920. The summed E-state index contributed by atoms with van der Waals surface area (Å²) < 4.78 is 0. The number of amides is 1. The Balaban J connectivity index is 2.61. The molecule has 0 atom stereocenters. The molecule has 0 aliphatic heterocycles. The van der Waals surface area contributed by atoms with E-state index in [9.17, 15) is 4.79 Å². The Morgan fingerprint density at radius 3 is 2.71 bits per heavy atom. The van der Waals surface area contributed by atoms with Crippen molar-refractivity contribution in [2.75, 3.05) is 13.7 Å². The summed E-state index contributed by atoms with van der Waals surface area (Å²) in [6.07, 6.45) is 0.829. The molecule has 1 aromatic rings. The maximum atomic E-state index is 11.6. The molecule has 0 unspecified atom stereocenters. The van der Waals surface area contributed by atoms with Gasteiger partial charge < -0.3 is 10.0 Å². The van der Waals surface area contributed by atoms with Crippen molar-refractivity contribution in [2.45, 2.75) is 19.4 Å². The molecule has 3 nitrogen and oxygen atoms in total. The lowest BCUT2D eigenvalue weighted by molar-refractivity contribution is -0.130. The van der Waals surface area contributed by atoms with Crippen LogP contribution >= 0.6 is 23.2 Å². The monoisotopic (exact) mass is 275 g/mol. The third-order valence-corrected chi connectivity index (χ3v) is 2.98. The summed E-state index contributed by atoms with van der Waals surface area (Å²) in [5.41, 5.74) is 0.857. The van der Waals surface area contributed by atoms with Gasteiger partial charge in [-0.05, 0) is 24.1 Å². The predicted octanol–water partition coefficient (Wildman–Crippen LogP) is 2.72. The van der Waals surface area contributed by atoms with Crippen LogP contribution in [-0.2, 0) is 11.3 Å². The average molecular weight is 276 g/mol. The van der Waals surface area contributed by atoms with Crippen LogP contribution in [0.1, 0.15) is 18.4 Å².